The summed E-state index contributed by atoms with van der Waals surface area (Å²) < 4.78 is 5.27. The molecule has 0 aromatic rings. The SMILES string of the molecule is C=C(C)COCCNC(C)C(=O)NC(=O)NCC. The highest BCUT2D eigenvalue weighted by Gasteiger charge is 2.14. The van der Waals surface area contributed by atoms with Crippen molar-refractivity contribution in [3.05, 3.63) is 12.2 Å². The predicted octanol–water partition coefficient (Wildman–Crippen LogP) is 0.403. The molecule has 0 bridgehead atoms. The molecule has 0 aliphatic carbocycles. The van der Waals surface area contributed by atoms with Gasteiger partial charge in [0.15, 0.2) is 0 Å². The number of nitrogens with one attached hydrogen (secondary N) is 3. The zero-order valence-corrected chi connectivity index (χ0v) is 11.3. The Morgan fingerprint density at radius 2 is 2.06 bits per heavy atom. The highest BCUT2D eigenvalue weighted by atomic mass is 16.5. The van der Waals surface area contributed by atoms with E-state index in [9.17, 15) is 9.59 Å². The Balaban J connectivity index is 3.68. The first-order valence-electron chi connectivity index (χ1n) is 6.01. The molecule has 104 valence electrons. The lowest BCUT2D eigenvalue weighted by Crippen LogP contribution is -2.48. The summed E-state index contributed by atoms with van der Waals surface area (Å²) in [5, 5.41) is 7.68. The molecule has 0 saturated heterocycles. The van der Waals surface area contributed by atoms with Gasteiger partial charge in [-0.25, -0.2) is 4.79 Å². The van der Waals surface area contributed by atoms with Crippen LogP contribution in [0.15, 0.2) is 12.2 Å². The monoisotopic (exact) mass is 257 g/mol. The average Bonchev–Trinajstić information content (AvgIpc) is 2.28. The van der Waals surface area contributed by atoms with Gasteiger partial charge in [0.1, 0.15) is 0 Å². The van der Waals surface area contributed by atoms with Crippen LogP contribution in [0.3, 0.4) is 0 Å². The van der Waals surface area contributed by atoms with E-state index in [2.05, 4.69) is 22.5 Å². The maximum Gasteiger partial charge on any atom is 0.321 e. The second-order valence-corrected chi connectivity index (χ2v) is 4.03. The molecule has 3 N–H and O–H groups in total. The van der Waals surface area contributed by atoms with E-state index in [0.29, 0.717) is 26.3 Å². The third-order valence-electron chi connectivity index (χ3n) is 2.01. The molecule has 0 radical (unpaired) electrons. The molecule has 0 aliphatic rings. The van der Waals surface area contributed by atoms with Gasteiger partial charge in [-0.3, -0.25) is 10.1 Å². The summed E-state index contributed by atoms with van der Waals surface area (Å²) in [4.78, 5) is 22.6. The summed E-state index contributed by atoms with van der Waals surface area (Å²) in [6, 6.07) is -0.921. The standard InChI is InChI=1S/C12H23N3O3/c1-5-13-12(17)15-11(16)10(4)14-6-7-18-8-9(2)3/h10,14H,2,5-8H2,1,3-4H3,(H2,13,15,16,17). The lowest BCUT2D eigenvalue weighted by Gasteiger charge is -2.13. The van der Waals surface area contributed by atoms with Crippen LogP contribution in [0.4, 0.5) is 4.79 Å². The van der Waals surface area contributed by atoms with E-state index in [4.69, 9.17) is 4.74 Å². The molecule has 0 spiro atoms. The normalized spacial score (nSPS) is 11.7. The molecule has 1 unspecified atom stereocenters. The van der Waals surface area contributed by atoms with Gasteiger partial charge in [0.25, 0.3) is 0 Å². The fourth-order valence-electron chi connectivity index (χ4n) is 1.11. The number of carbonyl (C=O) groups is 2. The Bertz CT molecular complexity index is 292. The minimum Gasteiger partial charge on any atom is -0.376 e. The van der Waals surface area contributed by atoms with E-state index in [0.717, 1.165) is 5.57 Å². The smallest absolute Gasteiger partial charge is 0.321 e. The summed E-state index contributed by atoms with van der Waals surface area (Å²) in [6.07, 6.45) is 0. The van der Waals surface area contributed by atoms with Crippen molar-refractivity contribution >= 4 is 11.9 Å². The maximum absolute atomic E-state index is 11.5. The summed E-state index contributed by atoms with van der Waals surface area (Å²) >= 11 is 0. The summed E-state index contributed by atoms with van der Waals surface area (Å²) in [7, 11) is 0. The van der Waals surface area contributed by atoms with Crippen LogP contribution >= 0.6 is 0 Å². The number of rotatable bonds is 8. The second kappa shape index (κ2) is 9.61. The fourth-order valence-corrected chi connectivity index (χ4v) is 1.11. The molecule has 18 heavy (non-hydrogen) atoms. The Kier molecular flexibility index (Phi) is 8.86. The largest absolute Gasteiger partial charge is 0.376 e. The first-order chi connectivity index (χ1) is 8.47. The van der Waals surface area contributed by atoms with Crippen LogP contribution in [0.5, 0.6) is 0 Å². The van der Waals surface area contributed by atoms with Gasteiger partial charge in [-0.15, -0.1) is 0 Å². The quantitative estimate of drug-likeness (QED) is 0.434. The van der Waals surface area contributed by atoms with Gasteiger partial charge in [0.2, 0.25) is 5.91 Å². The summed E-state index contributed by atoms with van der Waals surface area (Å²) in [5.74, 6) is -0.360. The van der Waals surface area contributed by atoms with Crippen LogP contribution in [0.25, 0.3) is 0 Å². The van der Waals surface area contributed by atoms with Crippen LogP contribution < -0.4 is 16.0 Å². The molecule has 0 heterocycles. The average molecular weight is 257 g/mol. The van der Waals surface area contributed by atoms with Crippen LogP contribution in [0.1, 0.15) is 20.8 Å². The zero-order valence-electron chi connectivity index (χ0n) is 11.3. The third-order valence-corrected chi connectivity index (χ3v) is 2.01. The van der Waals surface area contributed by atoms with Gasteiger partial charge < -0.3 is 15.4 Å². The Hall–Kier alpha value is -1.40. The minimum absolute atomic E-state index is 0.360. The van der Waals surface area contributed by atoms with Gasteiger partial charge in [-0.2, -0.15) is 0 Å². The molecule has 0 fully saturated rings. The van der Waals surface area contributed by atoms with Crippen molar-refractivity contribution in [2.75, 3.05) is 26.3 Å². The van der Waals surface area contributed by atoms with E-state index in [1.165, 1.54) is 0 Å². The van der Waals surface area contributed by atoms with Crippen molar-refractivity contribution in [3.8, 4) is 0 Å². The molecule has 1 atom stereocenters. The second-order valence-electron chi connectivity index (χ2n) is 4.03. The molecule has 0 aromatic heterocycles. The predicted molar refractivity (Wildman–Crippen MR) is 70.3 cm³/mol. The molecule has 0 saturated carbocycles. The van der Waals surface area contributed by atoms with Crippen molar-refractivity contribution in [2.24, 2.45) is 0 Å². The van der Waals surface area contributed by atoms with E-state index in [1.54, 1.807) is 13.8 Å². The Labute approximate surface area is 108 Å². The fraction of sp³-hybridized carbons (Fsp3) is 0.667. The van der Waals surface area contributed by atoms with Gasteiger partial charge in [0.05, 0.1) is 19.3 Å². The minimum atomic E-state index is -0.477. The van der Waals surface area contributed by atoms with Gasteiger partial charge in [-0.1, -0.05) is 12.2 Å². The van der Waals surface area contributed by atoms with Gasteiger partial charge in [-0.05, 0) is 20.8 Å². The first-order valence-corrected chi connectivity index (χ1v) is 6.01. The lowest BCUT2D eigenvalue weighted by atomic mass is 10.3. The zero-order chi connectivity index (χ0) is 14.0. The van der Waals surface area contributed by atoms with E-state index in [1.807, 2.05) is 6.92 Å². The number of hydrogen-bond acceptors (Lipinski definition) is 4. The number of imide groups is 1. The van der Waals surface area contributed by atoms with Crippen molar-refractivity contribution in [1.82, 2.24) is 16.0 Å². The first kappa shape index (κ1) is 16.6. The Morgan fingerprint density at radius 1 is 1.39 bits per heavy atom. The molecule has 6 heteroatoms. The molecular formula is C12H23N3O3. The topological polar surface area (TPSA) is 79.5 Å². The molecule has 0 aliphatic heterocycles. The van der Waals surface area contributed by atoms with Gasteiger partial charge >= 0.3 is 6.03 Å². The molecule has 6 nitrogen and oxygen atoms in total. The summed E-state index contributed by atoms with van der Waals surface area (Å²) in [5.41, 5.74) is 0.956. The summed E-state index contributed by atoms with van der Waals surface area (Å²) in [6.45, 7) is 11.1. The van der Waals surface area contributed by atoms with Crippen LogP contribution in [-0.4, -0.2) is 44.3 Å². The lowest BCUT2D eigenvalue weighted by molar-refractivity contribution is -0.121. The van der Waals surface area contributed by atoms with Crippen LogP contribution in [-0.2, 0) is 9.53 Å². The molecule has 0 rings (SSSR count). The number of carbonyl (C=O) groups excluding carboxylic acids is 2. The van der Waals surface area contributed by atoms with E-state index in [-0.39, 0.29) is 5.91 Å². The van der Waals surface area contributed by atoms with E-state index < -0.39 is 12.1 Å². The van der Waals surface area contributed by atoms with Crippen molar-refractivity contribution < 1.29 is 14.3 Å². The Morgan fingerprint density at radius 3 is 2.61 bits per heavy atom. The van der Waals surface area contributed by atoms with Crippen LogP contribution in [0.2, 0.25) is 0 Å². The third kappa shape index (κ3) is 8.72. The van der Waals surface area contributed by atoms with Gasteiger partial charge in [0, 0.05) is 13.1 Å². The molecule has 0 aromatic carbocycles. The maximum atomic E-state index is 11.5. The number of hydrogen-bond donors (Lipinski definition) is 3. The highest BCUT2D eigenvalue weighted by Crippen LogP contribution is 1.87. The molecule has 3 amide bonds. The van der Waals surface area contributed by atoms with Crippen LogP contribution in [0, 0.1) is 0 Å². The number of urea groups is 1. The van der Waals surface area contributed by atoms with Crippen molar-refractivity contribution in [3.63, 3.8) is 0 Å². The van der Waals surface area contributed by atoms with E-state index >= 15 is 0 Å². The number of amides is 3. The molecular weight excluding hydrogens is 234 g/mol. The van der Waals surface area contributed by atoms with Crippen molar-refractivity contribution in [2.45, 2.75) is 26.8 Å². The highest BCUT2D eigenvalue weighted by molar-refractivity contribution is 5.96. The number of ether oxygens (including phenoxy) is 1. The van der Waals surface area contributed by atoms with Crippen molar-refractivity contribution in [1.29, 1.82) is 0 Å².